The zero-order chi connectivity index (χ0) is 5.40. The van der Waals surface area contributed by atoms with Crippen LogP contribution in [-0.2, 0) is 0 Å². The predicted octanol–water partition coefficient (Wildman–Crippen LogP) is 0.840. The molecule has 2 rings (SSSR count). The fraction of sp³-hybridized carbons (Fsp3) is 0.833. The molecule has 1 saturated heterocycles. The topological polar surface area (TPSA) is 15.6 Å². The molecule has 0 spiro atoms. The second-order valence-corrected chi connectivity index (χ2v) is 2.48. The van der Waals surface area contributed by atoms with Crippen LogP contribution in [-0.4, -0.2) is 23.8 Å². The zero-order valence-corrected chi connectivity index (χ0v) is 4.88. The Morgan fingerprint density at radius 3 is 2.88 bits per heavy atom. The average molecular weight is 110 g/mol. The molecule has 0 aromatic heterocycles. The van der Waals surface area contributed by atoms with Gasteiger partial charge in [0.05, 0.1) is 0 Å². The van der Waals surface area contributed by atoms with E-state index in [1.165, 1.54) is 25.8 Å². The van der Waals surface area contributed by atoms with Gasteiger partial charge < -0.3 is 0 Å². The van der Waals surface area contributed by atoms with Gasteiger partial charge >= 0.3 is 0 Å². The van der Waals surface area contributed by atoms with Crippen molar-refractivity contribution in [3.8, 4) is 0 Å². The molecule has 1 fully saturated rings. The summed E-state index contributed by atoms with van der Waals surface area (Å²) in [6, 6.07) is 0.819. The summed E-state index contributed by atoms with van der Waals surface area (Å²) in [4.78, 5) is 0. The second kappa shape index (κ2) is 1.47. The van der Waals surface area contributed by atoms with E-state index >= 15 is 0 Å². The van der Waals surface area contributed by atoms with Gasteiger partial charge in [-0.2, -0.15) is 5.10 Å². The Kier molecular flexibility index (Phi) is 0.802. The van der Waals surface area contributed by atoms with E-state index in [-0.39, 0.29) is 0 Å². The fourth-order valence-electron chi connectivity index (χ4n) is 1.30. The van der Waals surface area contributed by atoms with Crippen molar-refractivity contribution in [3.63, 3.8) is 0 Å². The SMILES string of the molecule is C1=NN2CCC2CC1. The normalized spacial score (nSPS) is 34.0. The van der Waals surface area contributed by atoms with Crippen molar-refractivity contribution in [3.05, 3.63) is 0 Å². The first-order valence-electron chi connectivity index (χ1n) is 3.26. The third-order valence-electron chi connectivity index (χ3n) is 1.97. The Hall–Kier alpha value is -0.530. The summed E-state index contributed by atoms with van der Waals surface area (Å²) in [5.41, 5.74) is 0. The minimum absolute atomic E-state index is 0.819. The van der Waals surface area contributed by atoms with Crippen molar-refractivity contribution in [2.45, 2.75) is 25.3 Å². The molecule has 2 nitrogen and oxygen atoms in total. The monoisotopic (exact) mass is 110 g/mol. The van der Waals surface area contributed by atoms with Gasteiger partial charge in [0.2, 0.25) is 0 Å². The largest absolute Gasteiger partial charge is 0.294 e. The quantitative estimate of drug-likeness (QED) is 0.451. The van der Waals surface area contributed by atoms with Gasteiger partial charge in [-0.05, 0) is 19.3 Å². The highest BCUT2D eigenvalue weighted by atomic mass is 15.5. The van der Waals surface area contributed by atoms with E-state index in [1.807, 2.05) is 6.21 Å². The number of hydrogen-bond donors (Lipinski definition) is 0. The molecular weight excluding hydrogens is 100 g/mol. The van der Waals surface area contributed by atoms with E-state index in [1.54, 1.807) is 0 Å². The van der Waals surface area contributed by atoms with Crippen molar-refractivity contribution in [1.82, 2.24) is 5.01 Å². The lowest BCUT2D eigenvalue weighted by Gasteiger charge is -2.40. The summed E-state index contributed by atoms with van der Waals surface area (Å²) in [6.07, 6.45) is 5.93. The molecule has 1 unspecified atom stereocenters. The summed E-state index contributed by atoms with van der Waals surface area (Å²) in [7, 11) is 0. The Balaban J connectivity index is 2.08. The number of rotatable bonds is 0. The molecule has 0 amide bonds. The van der Waals surface area contributed by atoms with Gasteiger partial charge in [0.25, 0.3) is 0 Å². The van der Waals surface area contributed by atoms with Gasteiger partial charge in [0.1, 0.15) is 0 Å². The summed E-state index contributed by atoms with van der Waals surface area (Å²) < 4.78 is 0. The van der Waals surface area contributed by atoms with Gasteiger partial charge in [-0.1, -0.05) is 0 Å². The molecule has 2 heteroatoms. The van der Waals surface area contributed by atoms with Crippen molar-refractivity contribution in [2.24, 2.45) is 5.10 Å². The first-order valence-corrected chi connectivity index (χ1v) is 3.26. The molecule has 0 aliphatic carbocycles. The smallest absolute Gasteiger partial charge is 0.0491 e. The molecule has 0 saturated carbocycles. The number of nitrogens with zero attached hydrogens (tertiary/aromatic N) is 2. The minimum Gasteiger partial charge on any atom is -0.294 e. The van der Waals surface area contributed by atoms with Crippen molar-refractivity contribution in [2.75, 3.05) is 6.54 Å². The van der Waals surface area contributed by atoms with E-state index in [0.717, 1.165) is 6.04 Å². The molecule has 2 aliphatic heterocycles. The van der Waals surface area contributed by atoms with Crippen LogP contribution < -0.4 is 0 Å². The molecule has 0 radical (unpaired) electrons. The maximum Gasteiger partial charge on any atom is 0.0491 e. The third-order valence-corrected chi connectivity index (χ3v) is 1.97. The van der Waals surface area contributed by atoms with Crippen LogP contribution in [0.3, 0.4) is 0 Å². The van der Waals surface area contributed by atoms with Gasteiger partial charge in [-0.25, -0.2) is 0 Å². The van der Waals surface area contributed by atoms with E-state index in [0.29, 0.717) is 0 Å². The fourth-order valence-corrected chi connectivity index (χ4v) is 1.30. The predicted molar refractivity (Wildman–Crippen MR) is 32.8 cm³/mol. The maximum absolute atomic E-state index is 4.21. The van der Waals surface area contributed by atoms with Gasteiger partial charge in [0, 0.05) is 18.8 Å². The Bertz CT molecular complexity index is 120. The Morgan fingerprint density at radius 1 is 1.50 bits per heavy atom. The van der Waals surface area contributed by atoms with E-state index in [9.17, 15) is 0 Å². The number of fused-ring (bicyclic) bond motifs is 1. The average Bonchev–Trinajstić information content (AvgIpc) is 1.72. The third kappa shape index (κ3) is 0.457. The first-order chi connectivity index (χ1) is 3.97. The highest BCUT2D eigenvalue weighted by molar-refractivity contribution is 5.57. The van der Waals surface area contributed by atoms with Crippen LogP contribution in [0.4, 0.5) is 0 Å². The van der Waals surface area contributed by atoms with Crippen molar-refractivity contribution < 1.29 is 0 Å². The lowest BCUT2D eigenvalue weighted by Crippen LogP contribution is -2.45. The summed E-state index contributed by atoms with van der Waals surface area (Å²) in [5, 5.41) is 6.39. The molecule has 8 heavy (non-hydrogen) atoms. The molecule has 0 bridgehead atoms. The van der Waals surface area contributed by atoms with Crippen LogP contribution >= 0.6 is 0 Å². The molecule has 44 valence electrons. The van der Waals surface area contributed by atoms with Gasteiger partial charge in [-0.3, -0.25) is 5.01 Å². The molecule has 0 N–H and O–H groups in total. The van der Waals surface area contributed by atoms with E-state index in [2.05, 4.69) is 10.1 Å². The van der Waals surface area contributed by atoms with E-state index < -0.39 is 0 Å². The molecule has 2 heterocycles. The molecule has 0 aromatic rings. The Morgan fingerprint density at radius 2 is 2.50 bits per heavy atom. The number of hydrogen-bond acceptors (Lipinski definition) is 2. The minimum atomic E-state index is 0.819. The molecule has 1 atom stereocenters. The van der Waals surface area contributed by atoms with Crippen LogP contribution in [0, 0.1) is 0 Å². The van der Waals surface area contributed by atoms with Crippen LogP contribution in [0.5, 0.6) is 0 Å². The first kappa shape index (κ1) is 4.36. The van der Waals surface area contributed by atoms with Crippen molar-refractivity contribution >= 4 is 6.21 Å². The second-order valence-electron chi connectivity index (χ2n) is 2.48. The lowest BCUT2D eigenvalue weighted by atomic mass is 10.00. The summed E-state index contributed by atoms with van der Waals surface area (Å²) in [6.45, 7) is 1.20. The van der Waals surface area contributed by atoms with Crippen molar-refractivity contribution in [1.29, 1.82) is 0 Å². The summed E-state index contributed by atoms with van der Waals surface area (Å²) in [5.74, 6) is 0. The van der Waals surface area contributed by atoms with Crippen LogP contribution in [0.25, 0.3) is 0 Å². The number of hydrazone groups is 1. The maximum atomic E-state index is 4.21. The standard InChI is InChI=1S/C6H10N2/c1-2-6-3-5-8(6)7-4-1/h4,6H,1-3,5H2. The van der Waals surface area contributed by atoms with Crippen LogP contribution in [0.1, 0.15) is 19.3 Å². The zero-order valence-electron chi connectivity index (χ0n) is 4.88. The van der Waals surface area contributed by atoms with Crippen LogP contribution in [0.2, 0.25) is 0 Å². The van der Waals surface area contributed by atoms with E-state index in [4.69, 9.17) is 0 Å². The highest BCUT2D eigenvalue weighted by Crippen LogP contribution is 2.23. The lowest BCUT2D eigenvalue weighted by molar-refractivity contribution is 0.0826. The van der Waals surface area contributed by atoms with Gasteiger partial charge in [-0.15, -0.1) is 0 Å². The molecule has 2 aliphatic rings. The Labute approximate surface area is 49.2 Å². The molecular formula is C6H10N2. The van der Waals surface area contributed by atoms with Gasteiger partial charge in [0.15, 0.2) is 0 Å². The van der Waals surface area contributed by atoms with Crippen LogP contribution in [0.15, 0.2) is 5.10 Å². The summed E-state index contributed by atoms with van der Waals surface area (Å²) >= 11 is 0. The highest BCUT2D eigenvalue weighted by Gasteiger charge is 2.27. The molecule has 0 aromatic carbocycles.